The summed E-state index contributed by atoms with van der Waals surface area (Å²) < 4.78 is 13.0. The lowest BCUT2D eigenvalue weighted by Gasteiger charge is -2.14. The summed E-state index contributed by atoms with van der Waals surface area (Å²) in [5.74, 6) is -0.328. The van der Waals surface area contributed by atoms with Gasteiger partial charge in [-0.2, -0.15) is 0 Å². The third-order valence-electron chi connectivity index (χ3n) is 3.87. The van der Waals surface area contributed by atoms with Gasteiger partial charge in [0.2, 0.25) is 0 Å². The molecule has 0 radical (unpaired) electrons. The Labute approximate surface area is 125 Å². The van der Waals surface area contributed by atoms with Gasteiger partial charge in [0, 0.05) is 11.1 Å². The molecule has 0 atom stereocenters. The van der Waals surface area contributed by atoms with E-state index in [0.29, 0.717) is 5.56 Å². The van der Waals surface area contributed by atoms with E-state index in [1.54, 1.807) is 12.1 Å². The number of hydrogen-bond acceptors (Lipinski definition) is 1. The van der Waals surface area contributed by atoms with Gasteiger partial charge in [0.25, 0.3) is 0 Å². The fraction of sp³-hybridized carbons (Fsp3) is 0.316. The topological polar surface area (TPSA) is 17.1 Å². The number of aryl methyl sites for hydroxylation is 3. The van der Waals surface area contributed by atoms with Gasteiger partial charge in [0.1, 0.15) is 5.82 Å². The maximum absolute atomic E-state index is 13.0. The summed E-state index contributed by atoms with van der Waals surface area (Å²) in [5.41, 5.74) is 4.77. The van der Waals surface area contributed by atoms with E-state index in [1.165, 1.54) is 17.7 Å². The minimum atomic E-state index is -0.320. The van der Waals surface area contributed by atoms with Crippen molar-refractivity contribution in [2.24, 2.45) is 0 Å². The van der Waals surface area contributed by atoms with E-state index in [2.05, 4.69) is 32.9 Å². The minimum Gasteiger partial charge on any atom is -0.289 e. The SMILES string of the molecule is CCc1cc(CC)c(C(=O)c2ccc(F)cc2)c(CC)c1. The van der Waals surface area contributed by atoms with Gasteiger partial charge in [-0.1, -0.05) is 32.9 Å². The van der Waals surface area contributed by atoms with Crippen LogP contribution in [-0.2, 0) is 19.3 Å². The fourth-order valence-electron chi connectivity index (χ4n) is 2.64. The molecule has 0 N–H and O–H groups in total. The van der Waals surface area contributed by atoms with Crippen LogP contribution >= 0.6 is 0 Å². The first kappa shape index (κ1) is 15.4. The molecule has 2 heteroatoms. The molecule has 0 aliphatic heterocycles. The van der Waals surface area contributed by atoms with E-state index >= 15 is 0 Å². The number of benzene rings is 2. The molecule has 0 aliphatic carbocycles. The van der Waals surface area contributed by atoms with Crippen molar-refractivity contribution in [3.63, 3.8) is 0 Å². The van der Waals surface area contributed by atoms with Gasteiger partial charge >= 0.3 is 0 Å². The Morgan fingerprint density at radius 3 is 1.86 bits per heavy atom. The molecule has 0 bridgehead atoms. The predicted octanol–water partition coefficient (Wildman–Crippen LogP) is 4.74. The van der Waals surface area contributed by atoms with Crippen molar-refractivity contribution in [3.8, 4) is 0 Å². The van der Waals surface area contributed by atoms with Gasteiger partial charge in [0.05, 0.1) is 0 Å². The highest BCUT2D eigenvalue weighted by atomic mass is 19.1. The van der Waals surface area contributed by atoms with E-state index in [4.69, 9.17) is 0 Å². The molecule has 0 aliphatic rings. The van der Waals surface area contributed by atoms with Gasteiger partial charge in [0.15, 0.2) is 5.78 Å². The average molecular weight is 284 g/mol. The van der Waals surface area contributed by atoms with Gasteiger partial charge in [-0.25, -0.2) is 4.39 Å². The summed E-state index contributed by atoms with van der Waals surface area (Å²) in [7, 11) is 0. The van der Waals surface area contributed by atoms with Gasteiger partial charge < -0.3 is 0 Å². The number of rotatable bonds is 5. The lowest BCUT2D eigenvalue weighted by Crippen LogP contribution is -2.10. The highest BCUT2D eigenvalue weighted by Crippen LogP contribution is 2.23. The molecule has 2 rings (SSSR count). The Morgan fingerprint density at radius 1 is 0.905 bits per heavy atom. The molecule has 0 amide bonds. The average Bonchev–Trinajstić information content (AvgIpc) is 2.53. The van der Waals surface area contributed by atoms with Crippen LogP contribution in [0.1, 0.15) is 53.4 Å². The highest BCUT2D eigenvalue weighted by Gasteiger charge is 2.17. The first-order valence-corrected chi connectivity index (χ1v) is 7.55. The molecular formula is C19H21FO. The molecule has 0 fully saturated rings. The summed E-state index contributed by atoms with van der Waals surface area (Å²) >= 11 is 0. The second-order valence-electron chi connectivity index (χ2n) is 5.19. The molecule has 0 saturated carbocycles. The third kappa shape index (κ3) is 3.21. The first-order valence-electron chi connectivity index (χ1n) is 7.55. The van der Waals surface area contributed by atoms with E-state index < -0.39 is 0 Å². The molecule has 0 saturated heterocycles. The Kier molecular flexibility index (Phi) is 4.89. The van der Waals surface area contributed by atoms with Crippen molar-refractivity contribution in [1.82, 2.24) is 0 Å². The maximum Gasteiger partial charge on any atom is 0.193 e. The normalized spacial score (nSPS) is 10.7. The van der Waals surface area contributed by atoms with Crippen LogP contribution in [0.15, 0.2) is 36.4 Å². The van der Waals surface area contributed by atoms with Crippen LogP contribution in [0.3, 0.4) is 0 Å². The maximum atomic E-state index is 13.0. The van der Waals surface area contributed by atoms with Crippen molar-refractivity contribution in [2.45, 2.75) is 40.0 Å². The van der Waals surface area contributed by atoms with Crippen LogP contribution in [0.25, 0.3) is 0 Å². The van der Waals surface area contributed by atoms with Gasteiger partial charge in [-0.3, -0.25) is 4.79 Å². The van der Waals surface area contributed by atoms with Crippen LogP contribution < -0.4 is 0 Å². The zero-order valence-corrected chi connectivity index (χ0v) is 12.9. The molecule has 110 valence electrons. The standard InChI is InChI=1S/C19H21FO/c1-4-13-11-14(5-2)18(15(6-3)12-13)19(21)16-7-9-17(20)10-8-16/h7-12H,4-6H2,1-3H3. The van der Waals surface area contributed by atoms with E-state index in [1.807, 2.05) is 0 Å². The second kappa shape index (κ2) is 6.66. The van der Waals surface area contributed by atoms with Crippen LogP contribution in [0.5, 0.6) is 0 Å². The summed E-state index contributed by atoms with van der Waals surface area (Å²) in [4.78, 5) is 12.8. The number of ketones is 1. The second-order valence-corrected chi connectivity index (χ2v) is 5.19. The van der Waals surface area contributed by atoms with Crippen LogP contribution in [0.2, 0.25) is 0 Å². The Hall–Kier alpha value is -1.96. The summed E-state index contributed by atoms with van der Waals surface area (Å²) in [5, 5.41) is 0. The van der Waals surface area contributed by atoms with Crippen LogP contribution in [-0.4, -0.2) is 5.78 Å². The fourth-order valence-corrected chi connectivity index (χ4v) is 2.64. The lowest BCUT2D eigenvalue weighted by atomic mass is 9.89. The Bertz CT molecular complexity index is 616. The van der Waals surface area contributed by atoms with Crippen LogP contribution in [0.4, 0.5) is 4.39 Å². The van der Waals surface area contributed by atoms with Crippen molar-refractivity contribution in [1.29, 1.82) is 0 Å². The predicted molar refractivity (Wildman–Crippen MR) is 84.4 cm³/mol. The molecular weight excluding hydrogens is 263 g/mol. The smallest absolute Gasteiger partial charge is 0.193 e. The zero-order valence-electron chi connectivity index (χ0n) is 12.9. The highest BCUT2D eigenvalue weighted by molar-refractivity contribution is 6.11. The Balaban J connectivity index is 2.55. The largest absolute Gasteiger partial charge is 0.289 e. The quantitative estimate of drug-likeness (QED) is 0.724. The van der Waals surface area contributed by atoms with Crippen molar-refractivity contribution < 1.29 is 9.18 Å². The summed E-state index contributed by atoms with van der Waals surface area (Å²) in [6.07, 6.45) is 2.61. The van der Waals surface area contributed by atoms with E-state index in [9.17, 15) is 9.18 Å². The molecule has 1 nitrogen and oxygen atoms in total. The molecule has 2 aromatic carbocycles. The summed E-state index contributed by atoms with van der Waals surface area (Å²) in [6, 6.07) is 10.0. The number of carbonyl (C=O) groups is 1. The van der Waals surface area contributed by atoms with Crippen molar-refractivity contribution in [3.05, 3.63) is 70.0 Å². The molecule has 2 aromatic rings. The molecule has 21 heavy (non-hydrogen) atoms. The van der Waals surface area contributed by atoms with E-state index in [0.717, 1.165) is 36.0 Å². The number of halogens is 1. The summed E-state index contributed by atoms with van der Waals surface area (Å²) in [6.45, 7) is 6.25. The van der Waals surface area contributed by atoms with Crippen molar-refractivity contribution >= 4 is 5.78 Å². The van der Waals surface area contributed by atoms with Crippen molar-refractivity contribution in [2.75, 3.05) is 0 Å². The van der Waals surface area contributed by atoms with Gasteiger partial charge in [-0.15, -0.1) is 0 Å². The Morgan fingerprint density at radius 2 is 1.43 bits per heavy atom. The first-order chi connectivity index (χ1) is 10.1. The molecule has 0 unspecified atom stereocenters. The molecule has 0 aromatic heterocycles. The van der Waals surface area contributed by atoms with E-state index in [-0.39, 0.29) is 11.6 Å². The monoisotopic (exact) mass is 284 g/mol. The number of carbonyl (C=O) groups excluding carboxylic acids is 1. The third-order valence-corrected chi connectivity index (χ3v) is 3.87. The van der Waals surface area contributed by atoms with Gasteiger partial charge in [-0.05, 0) is 60.2 Å². The molecule has 0 heterocycles. The zero-order chi connectivity index (χ0) is 15.4. The molecule has 0 spiro atoms. The lowest BCUT2D eigenvalue weighted by molar-refractivity contribution is 0.103. The van der Waals surface area contributed by atoms with Crippen LogP contribution in [0, 0.1) is 5.82 Å². The minimum absolute atomic E-state index is 0.00801. The number of hydrogen-bond donors (Lipinski definition) is 0.